The van der Waals surface area contributed by atoms with Crippen LogP contribution in [0, 0.1) is 5.92 Å². The summed E-state index contributed by atoms with van der Waals surface area (Å²) in [6.07, 6.45) is -0.428. The Morgan fingerprint density at radius 1 is 1.26 bits per heavy atom. The first-order valence-electron chi connectivity index (χ1n) is 6.36. The minimum absolute atomic E-state index is 0.0466. The molecule has 2 atom stereocenters. The molecule has 1 aromatic carbocycles. The van der Waals surface area contributed by atoms with Gasteiger partial charge in [0, 0.05) is 12.6 Å². The highest BCUT2D eigenvalue weighted by atomic mass is 19.3. The maximum atomic E-state index is 12.1. The highest BCUT2D eigenvalue weighted by Crippen LogP contribution is 2.20. The first kappa shape index (κ1) is 15.9. The molecular weight excluding hydrogens is 252 g/mol. The predicted octanol–water partition coefficient (Wildman–Crippen LogP) is 2.96. The lowest BCUT2D eigenvalue weighted by molar-refractivity contribution is -0.0499. The molecule has 3 nitrogen and oxygen atoms in total. The van der Waals surface area contributed by atoms with Crippen LogP contribution in [0.2, 0.25) is 0 Å². The largest absolute Gasteiger partial charge is 0.435 e. The van der Waals surface area contributed by atoms with E-state index in [0.717, 1.165) is 5.56 Å². The van der Waals surface area contributed by atoms with Crippen molar-refractivity contribution in [2.24, 2.45) is 5.92 Å². The maximum absolute atomic E-state index is 12.1. The molecule has 0 radical (unpaired) electrons. The number of hydrogen-bond donors (Lipinski definition) is 2. The van der Waals surface area contributed by atoms with Crippen LogP contribution in [0.3, 0.4) is 0 Å². The van der Waals surface area contributed by atoms with E-state index in [1.54, 1.807) is 12.1 Å². The molecular formula is C14H21F2NO2. The number of aliphatic hydroxyl groups is 1. The normalized spacial score (nSPS) is 14.7. The first-order valence-corrected chi connectivity index (χ1v) is 6.36. The molecule has 108 valence electrons. The number of nitrogens with one attached hydrogen (secondary N) is 1. The van der Waals surface area contributed by atoms with E-state index < -0.39 is 12.7 Å². The van der Waals surface area contributed by atoms with E-state index in [9.17, 15) is 13.9 Å². The molecule has 1 aromatic rings. The fourth-order valence-electron chi connectivity index (χ4n) is 1.61. The van der Waals surface area contributed by atoms with Gasteiger partial charge in [0.05, 0.1) is 6.10 Å². The van der Waals surface area contributed by atoms with Crippen molar-refractivity contribution in [3.05, 3.63) is 29.8 Å². The average Bonchev–Trinajstić information content (AvgIpc) is 2.34. The zero-order chi connectivity index (χ0) is 14.4. The second-order valence-corrected chi connectivity index (χ2v) is 4.89. The van der Waals surface area contributed by atoms with Crippen molar-refractivity contribution >= 4 is 0 Å². The molecule has 0 amide bonds. The third-order valence-electron chi connectivity index (χ3n) is 2.99. The van der Waals surface area contributed by atoms with Crippen molar-refractivity contribution in [3.8, 4) is 5.75 Å². The van der Waals surface area contributed by atoms with Crippen molar-refractivity contribution in [1.82, 2.24) is 5.32 Å². The van der Waals surface area contributed by atoms with Crippen LogP contribution >= 0.6 is 0 Å². The van der Waals surface area contributed by atoms with Crippen LogP contribution in [0.4, 0.5) is 8.78 Å². The van der Waals surface area contributed by atoms with Crippen LogP contribution in [0.1, 0.15) is 32.4 Å². The molecule has 2 unspecified atom stereocenters. The molecule has 0 saturated carbocycles. The van der Waals surface area contributed by atoms with E-state index in [2.05, 4.69) is 10.1 Å². The highest BCUT2D eigenvalue weighted by Gasteiger charge is 2.12. The quantitative estimate of drug-likeness (QED) is 0.802. The molecule has 5 heteroatoms. The van der Waals surface area contributed by atoms with Gasteiger partial charge in [-0.25, -0.2) is 0 Å². The van der Waals surface area contributed by atoms with Gasteiger partial charge in [-0.3, -0.25) is 0 Å². The Bertz CT molecular complexity index is 385. The molecule has 2 N–H and O–H groups in total. The highest BCUT2D eigenvalue weighted by molar-refractivity contribution is 5.30. The summed E-state index contributed by atoms with van der Waals surface area (Å²) in [5.74, 6) is 0.318. The summed E-state index contributed by atoms with van der Waals surface area (Å²) >= 11 is 0. The van der Waals surface area contributed by atoms with Gasteiger partial charge in [0.1, 0.15) is 5.75 Å². The van der Waals surface area contributed by atoms with Crippen molar-refractivity contribution in [2.45, 2.75) is 39.5 Å². The molecule has 1 rings (SSSR count). The molecule has 0 aliphatic rings. The number of halogens is 2. The number of aliphatic hydroxyl groups excluding tert-OH is 1. The van der Waals surface area contributed by atoms with Crippen LogP contribution in [0.5, 0.6) is 5.75 Å². The maximum Gasteiger partial charge on any atom is 0.387 e. The lowest BCUT2D eigenvalue weighted by atomic mass is 10.1. The fraction of sp³-hybridized carbons (Fsp3) is 0.571. The van der Waals surface area contributed by atoms with E-state index in [4.69, 9.17) is 0 Å². The molecule has 0 aromatic heterocycles. The summed E-state index contributed by atoms with van der Waals surface area (Å²) in [6, 6.07) is 6.52. The minimum atomic E-state index is -2.82. The molecule has 19 heavy (non-hydrogen) atoms. The number of alkyl halides is 2. The molecule has 0 spiro atoms. The average molecular weight is 273 g/mol. The van der Waals surface area contributed by atoms with E-state index in [-0.39, 0.29) is 17.7 Å². The summed E-state index contributed by atoms with van der Waals surface area (Å²) < 4.78 is 28.6. The van der Waals surface area contributed by atoms with E-state index in [1.807, 2.05) is 26.8 Å². The SMILES string of the molecule is CC(NCC(O)C(C)C)c1cccc(OC(F)F)c1. The van der Waals surface area contributed by atoms with Gasteiger partial charge in [-0.1, -0.05) is 26.0 Å². The third kappa shape index (κ3) is 5.53. The molecule has 0 fully saturated rings. The summed E-state index contributed by atoms with van der Waals surface area (Å²) in [6.45, 7) is 3.43. The van der Waals surface area contributed by atoms with Crippen LogP contribution in [0.15, 0.2) is 24.3 Å². The molecule has 0 saturated heterocycles. The van der Waals surface area contributed by atoms with Crippen molar-refractivity contribution in [3.63, 3.8) is 0 Å². The van der Waals surface area contributed by atoms with Gasteiger partial charge in [0.2, 0.25) is 0 Å². The van der Waals surface area contributed by atoms with Gasteiger partial charge >= 0.3 is 6.61 Å². The van der Waals surface area contributed by atoms with Gasteiger partial charge in [0.15, 0.2) is 0 Å². The fourth-order valence-corrected chi connectivity index (χ4v) is 1.61. The van der Waals surface area contributed by atoms with Crippen molar-refractivity contribution in [2.75, 3.05) is 6.54 Å². The predicted molar refractivity (Wildman–Crippen MR) is 70.3 cm³/mol. The monoisotopic (exact) mass is 273 g/mol. The Balaban J connectivity index is 2.59. The van der Waals surface area contributed by atoms with Gasteiger partial charge in [-0.05, 0) is 30.5 Å². The van der Waals surface area contributed by atoms with Gasteiger partial charge in [-0.2, -0.15) is 8.78 Å². The minimum Gasteiger partial charge on any atom is -0.435 e. The number of hydrogen-bond acceptors (Lipinski definition) is 3. The number of ether oxygens (including phenoxy) is 1. The van der Waals surface area contributed by atoms with Crippen LogP contribution in [-0.2, 0) is 0 Å². The van der Waals surface area contributed by atoms with Crippen LogP contribution < -0.4 is 10.1 Å². The Labute approximate surface area is 112 Å². The lowest BCUT2D eigenvalue weighted by Gasteiger charge is -2.20. The van der Waals surface area contributed by atoms with Gasteiger partial charge in [0.25, 0.3) is 0 Å². The Morgan fingerprint density at radius 3 is 2.53 bits per heavy atom. The van der Waals surface area contributed by atoms with E-state index in [0.29, 0.717) is 6.54 Å². The molecule has 0 aliphatic carbocycles. The summed E-state index contributed by atoms with van der Waals surface area (Å²) in [5.41, 5.74) is 0.842. The first-order chi connectivity index (χ1) is 8.90. The zero-order valence-electron chi connectivity index (χ0n) is 11.4. The van der Waals surface area contributed by atoms with Crippen molar-refractivity contribution in [1.29, 1.82) is 0 Å². The van der Waals surface area contributed by atoms with Crippen LogP contribution in [0.25, 0.3) is 0 Å². The Kier molecular flexibility index (Phi) is 6.18. The summed E-state index contributed by atoms with van der Waals surface area (Å²) in [7, 11) is 0. The second kappa shape index (κ2) is 7.40. The Morgan fingerprint density at radius 2 is 1.95 bits per heavy atom. The van der Waals surface area contributed by atoms with E-state index >= 15 is 0 Å². The van der Waals surface area contributed by atoms with Gasteiger partial charge < -0.3 is 15.2 Å². The summed E-state index contributed by atoms with van der Waals surface area (Å²) in [5, 5.41) is 12.9. The summed E-state index contributed by atoms with van der Waals surface area (Å²) in [4.78, 5) is 0. The van der Waals surface area contributed by atoms with Crippen LogP contribution in [-0.4, -0.2) is 24.4 Å². The smallest absolute Gasteiger partial charge is 0.387 e. The second-order valence-electron chi connectivity index (χ2n) is 4.89. The molecule has 0 heterocycles. The number of benzene rings is 1. The molecule has 0 aliphatic heterocycles. The van der Waals surface area contributed by atoms with Crippen molar-refractivity contribution < 1.29 is 18.6 Å². The molecule has 0 bridgehead atoms. The number of rotatable bonds is 7. The Hall–Kier alpha value is -1.20. The lowest BCUT2D eigenvalue weighted by Crippen LogP contribution is -2.32. The van der Waals surface area contributed by atoms with E-state index in [1.165, 1.54) is 6.07 Å². The third-order valence-corrected chi connectivity index (χ3v) is 2.99. The van der Waals surface area contributed by atoms with Gasteiger partial charge in [-0.15, -0.1) is 0 Å². The standard InChI is InChI=1S/C14H21F2NO2/c1-9(2)13(18)8-17-10(3)11-5-4-6-12(7-11)19-14(15)16/h4-7,9-10,13-14,17-18H,8H2,1-3H3. The zero-order valence-corrected chi connectivity index (χ0v) is 11.4. The topological polar surface area (TPSA) is 41.5 Å².